The summed E-state index contributed by atoms with van der Waals surface area (Å²) in [7, 11) is 0. The Morgan fingerprint density at radius 3 is 1.00 bits per heavy atom. The fraction of sp³-hybridized carbons (Fsp3) is 0.136. The van der Waals surface area contributed by atoms with Crippen LogP contribution in [0.4, 0.5) is 0 Å². The minimum Gasteiger partial charge on any atom is -0.498 e. The largest absolute Gasteiger partial charge is 0.498 e. The molecule has 0 fully saturated rings. The van der Waals surface area contributed by atoms with Crippen LogP contribution in [0, 0.1) is 22.6 Å². The van der Waals surface area contributed by atoms with Crippen LogP contribution in [0.5, 0.6) is 11.5 Å². The van der Waals surface area contributed by atoms with Gasteiger partial charge in [0.2, 0.25) is 0 Å². The lowest BCUT2D eigenvalue weighted by Gasteiger charge is -2.25. The summed E-state index contributed by atoms with van der Waals surface area (Å²) < 4.78 is 24.6. The Bertz CT molecular complexity index is 1900. The van der Waals surface area contributed by atoms with Crippen LogP contribution in [0.15, 0.2) is 180 Å². The van der Waals surface area contributed by atoms with E-state index in [2.05, 4.69) is 22.2 Å². The summed E-state index contributed by atoms with van der Waals surface area (Å²) in [6.07, 6.45) is 0. The van der Waals surface area contributed by atoms with Crippen molar-refractivity contribution in [3.05, 3.63) is 213 Å². The van der Waals surface area contributed by atoms with E-state index in [-0.39, 0.29) is 26.4 Å². The Hall–Kier alpha value is -6.23. The fourth-order valence-corrected chi connectivity index (χ4v) is 6.68. The van der Waals surface area contributed by atoms with Gasteiger partial charge >= 0.3 is 12.1 Å². The van der Waals surface area contributed by atoms with Gasteiger partial charge in [0.05, 0.1) is 13.2 Å². The molecule has 0 bridgehead atoms. The molecular formula is C44H36N2O6S. The number of nitrogens with zero attached hydrogens (tertiary/aromatic N) is 2. The van der Waals surface area contributed by atoms with Crippen LogP contribution in [0.3, 0.4) is 0 Å². The molecule has 53 heavy (non-hydrogen) atoms. The first-order valence-electron chi connectivity index (χ1n) is 17.0. The van der Waals surface area contributed by atoms with E-state index in [1.165, 1.54) is 0 Å². The highest BCUT2D eigenvalue weighted by Crippen LogP contribution is 2.35. The van der Waals surface area contributed by atoms with Crippen molar-refractivity contribution in [3.8, 4) is 23.6 Å². The van der Waals surface area contributed by atoms with E-state index in [1.54, 1.807) is 11.8 Å². The molecule has 9 heteroatoms. The number of ether oxygens (including phenoxy) is 4. The molecule has 0 atom stereocenters. The minimum atomic E-state index is -1.26. The smallest absolute Gasteiger partial charge is 0.344 e. The van der Waals surface area contributed by atoms with Crippen LogP contribution in [-0.2, 0) is 20.7 Å². The molecule has 0 radical (unpaired) electrons. The molecule has 0 aliphatic rings. The van der Waals surface area contributed by atoms with Crippen molar-refractivity contribution in [2.24, 2.45) is 0 Å². The van der Waals surface area contributed by atoms with Crippen molar-refractivity contribution in [1.82, 2.24) is 0 Å². The molecule has 0 heterocycles. The monoisotopic (exact) mass is 720 g/mol. The zero-order chi connectivity index (χ0) is 36.6. The summed E-state index contributed by atoms with van der Waals surface area (Å²) in [5, 5.41) is 29.0. The third-order valence-electron chi connectivity index (χ3n) is 8.35. The van der Waals surface area contributed by atoms with Gasteiger partial charge in [0, 0.05) is 42.1 Å². The van der Waals surface area contributed by atoms with Crippen molar-refractivity contribution >= 4 is 11.8 Å². The summed E-state index contributed by atoms with van der Waals surface area (Å²) in [4.78, 5) is 2.08. The lowest BCUT2D eigenvalue weighted by Crippen LogP contribution is -2.31. The third-order valence-corrected chi connectivity index (χ3v) is 9.37. The van der Waals surface area contributed by atoms with E-state index in [0.717, 1.165) is 32.0 Å². The summed E-state index contributed by atoms with van der Waals surface area (Å²) >= 11 is 1.61. The molecule has 0 N–H and O–H groups in total. The van der Waals surface area contributed by atoms with E-state index >= 15 is 0 Å². The van der Waals surface area contributed by atoms with Crippen molar-refractivity contribution in [2.45, 2.75) is 21.0 Å². The van der Waals surface area contributed by atoms with E-state index in [1.807, 2.05) is 170 Å². The predicted molar refractivity (Wildman–Crippen MR) is 208 cm³/mol. The molecule has 0 aromatic heterocycles. The molecule has 6 rings (SSSR count). The second-order valence-electron chi connectivity index (χ2n) is 11.7. The van der Waals surface area contributed by atoms with Crippen LogP contribution >= 0.6 is 11.8 Å². The van der Waals surface area contributed by atoms with Crippen molar-refractivity contribution in [1.29, 1.82) is 0 Å². The maximum Gasteiger partial charge on any atom is 0.344 e. The van der Waals surface area contributed by atoms with Gasteiger partial charge in [0.15, 0.2) is 0 Å². The Morgan fingerprint density at radius 2 is 0.717 bits per heavy atom. The second-order valence-corrected chi connectivity index (χ2v) is 12.8. The SMILES string of the molecule is [O-][N+]#CC(OCCOc1ccc(Sc2ccc(OCCOC(C#[N+][O-])(c3ccccc3)c3ccccc3)cc2)cc1)(c1ccccc1)c1ccccc1. The van der Waals surface area contributed by atoms with E-state index < -0.39 is 11.2 Å². The first-order valence-corrected chi connectivity index (χ1v) is 17.8. The average molecular weight is 721 g/mol. The van der Waals surface area contributed by atoms with Crippen LogP contribution in [0.1, 0.15) is 22.3 Å². The second kappa shape index (κ2) is 18.3. The standard InChI is InChI=1S/C44H36N2O6S/c47-45-33-43(35-13-5-1-6-14-35,36-15-7-2-8-16-36)51-31-29-49-39-21-25-41(26-22-39)53-42-27-23-40(24-28-42)50-30-32-52-44(34-46-48,37-17-9-3-10-18-37)38-19-11-4-12-20-38/h1-28H,29-32H2. The maximum atomic E-state index is 11.5. The first-order chi connectivity index (χ1) is 26.1. The highest BCUT2D eigenvalue weighted by atomic mass is 32.2. The quantitative estimate of drug-likeness (QED) is 0.0726. The van der Waals surface area contributed by atoms with Gasteiger partial charge < -0.3 is 29.4 Å². The summed E-state index contributed by atoms with van der Waals surface area (Å²) in [6.45, 7) is 0.893. The lowest BCUT2D eigenvalue weighted by molar-refractivity contribution is 0.00926. The molecule has 0 saturated carbocycles. The fourth-order valence-electron chi connectivity index (χ4n) is 5.86. The zero-order valence-corrected chi connectivity index (χ0v) is 29.6. The molecule has 264 valence electrons. The van der Waals surface area contributed by atoms with Gasteiger partial charge in [-0.2, -0.15) is 0 Å². The Kier molecular flexibility index (Phi) is 12.6. The molecule has 0 amide bonds. The number of hydrogen-bond donors (Lipinski definition) is 0. The normalized spacial score (nSPS) is 11.0. The van der Waals surface area contributed by atoms with Crippen LogP contribution in [0.25, 0.3) is 10.0 Å². The van der Waals surface area contributed by atoms with Gasteiger partial charge in [0.1, 0.15) is 24.7 Å². The molecule has 0 saturated heterocycles. The molecule has 8 nitrogen and oxygen atoms in total. The molecule has 0 spiro atoms. The molecule has 0 aliphatic heterocycles. The van der Waals surface area contributed by atoms with Gasteiger partial charge in [-0.3, -0.25) is 0 Å². The number of hydrogen-bond acceptors (Lipinski definition) is 7. The highest BCUT2D eigenvalue weighted by molar-refractivity contribution is 7.99. The van der Waals surface area contributed by atoms with Crippen molar-refractivity contribution < 1.29 is 18.9 Å². The van der Waals surface area contributed by atoms with Crippen LogP contribution in [-0.4, -0.2) is 26.4 Å². The zero-order valence-electron chi connectivity index (χ0n) is 28.7. The predicted octanol–water partition coefficient (Wildman–Crippen LogP) is 10.2. The molecule has 0 aliphatic carbocycles. The molecule has 6 aromatic carbocycles. The Morgan fingerprint density at radius 1 is 0.415 bits per heavy atom. The number of rotatable bonds is 16. The van der Waals surface area contributed by atoms with Crippen LogP contribution < -0.4 is 9.47 Å². The Balaban J connectivity index is 0.999. The summed E-state index contributed by atoms with van der Waals surface area (Å²) in [6, 6.07) is 58.7. The summed E-state index contributed by atoms with van der Waals surface area (Å²) in [5.41, 5.74) is 0.468. The van der Waals surface area contributed by atoms with Crippen molar-refractivity contribution in [2.75, 3.05) is 26.4 Å². The van der Waals surface area contributed by atoms with Gasteiger partial charge in [-0.05, 0) is 48.5 Å². The van der Waals surface area contributed by atoms with E-state index in [0.29, 0.717) is 11.5 Å². The van der Waals surface area contributed by atoms with Gasteiger partial charge in [-0.25, -0.2) is 0 Å². The topological polar surface area (TPSA) is 91.8 Å². The summed E-state index contributed by atoms with van der Waals surface area (Å²) in [5.74, 6) is 1.39. The average Bonchev–Trinajstić information content (AvgIpc) is 3.23. The Labute approximate surface area is 313 Å². The minimum absolute atomic E-state index is 0.192. The number of benzene rings is 6. The van der Waals surface area contributed by atoms with Crippen molar-refractivity contribution in [3.63, 3.8) is 0 Å². The van der Waals surface area contributed by atoms with Gasteiger partial charge in [-0.15, -0.1) is 0 Å². The van der Waals surface area contributed by atoms with Crippen LogP contribution in [0.2, 0.25) is 0 Å². The maximum absolute atomic E-state index is 11.5. The molecule has 6 aromatic rings. The first kappa shape index (κ1) is 36.6. The lowest BCUT2D eigenvalue weighted by atomic mass is 9.87. The van der Waals surface area contributed by atoms with Gasteiger partial charge in [-0.1, -0.05) is 133 Å². The van der Waals surface area contributed by atoms with E-state index in [9.17, 15) is 10.4 Å². The van der Waals surface area contributed by atoms with Gasteiger partial charge in [0.25, 0.3) is 11.2 Å². The molecule has 0 unspecified atom stereocenters. The highest BCUT2D eigenvalue weighted by Gasteiger charge is 2.41. The molecular weight excluding hydrogens is 685 g/mol. The van der Waals surface area contributed by atoms with E-state index in [4.69, 9.17) is 18.9 Å². The third kappa shape index (κ3) is 9.17.